The van der Waals surface area contributed by atoms with Gasteiger partial charge in [0.2, 0.25) is 5.60 Å². The molecule has 1 heterocycles. The van der Waals surface area contributed by atoms with Crippen LogP contribution in [0, 0.1) is 5.82 Å². The minimum absolute atomic E-state index is 0.0174. The highest BCUT2D eigenvalue weighted by molar-refractivity contribution is 6.30. The second-order valence-electron chi connectivity index (χ2n) is 5.86. The maximum absolute atomic E-state index is 13.3. The number of carbonyl (C=O) groups is 2. The third-order valence-corrected chi connectivity index (χ3v) is 4.33. The van der Waals surface area contributed by atoms with Crippen LogP contribution in [0.3, 0.4) is 0 Å². The molecule has 0 aromatic heterocycles. The standard InChI is InChI=1S/C18H16ClFN2O3/c19-13-8-12(9-14(20)10-13)11-21-16(23)18(25)6-7-22(17(18)24)15-4-2-1-3-5-15/h1-5,8-10,25H,6-7,11H2,(H,21,23)/t18-/m1/s1. The molecule has 0 bridgehead atoms. The predicted molar refractivity (Wildman–Crippen MR) is 91.6 cm³/mol. The Kier molecular flexibility index (Phi) is 4.74. The van der Waals surface area contributed by atoms with E-state index in [-0.39, 0.29) is 24.5 Å². The summed E-state index contributed by atoms with van der Waals surface area (Å²) in [4.78, 5) is 26.3. The first-order chi connectivity index (χ1) is 11.9. The maximum atomic E-state index is 13.3. The van der Waals surface area contributed by atoms with Crippen molar-refractivity contribution < 1.29 is 19.1 Å². The molecular weight excluding hydrogens is 347 g/mol. The van der Waals surface area contributed by atoms with E-state index in [0.29, 0.717) is 11.3 Å². The minimum atomic E-state index is -2.13. The number of carbonyl (C=O) groups excluding carboxylic acids is 2. The summed E-state index contributed by atoms with van der Waals surface area (Å²) in [5.41, 5.74) is -1.08. The van der Waals surface area contributed by atoms with Gasteiger partial charge in [-0.05, 0) is 35.9 Å². The van der Waals surface area contributed by atoms with Crippen LogP contribution in [0.5, 0.6) is 0 Å². The van der Waals surface area contributed by atoms with Gasteiger partial charge < -0.3 is 15.3 Å². The van der Waals surface area contributed by atoms with Gasteiger partial charge in [-0.1, -0.05) is 29.8 Å². The Labute approximate surface area is 149 Å². The van der Waals surface area contributed by atoms with Crippen molar-refractivity contribution in [3.8, 4) is 0 Å². The van der Waals surface area contributed by atoms with E-state index >= 15 is 0 Å². The van der Waals surface area contributed by atoms with Gasteiger partial charge in [-0.3, -0.25) is 9.59 Å². The zero-order valence-corrected chi connectivity index (χ0v) is 14.0. The fourth-order valence-electron chi connectivity index (χ4n) is 2.81. The lowest BCUT2D eigenvalue weighted by molar-refractivity contribution is -0.149. The highest BCUT2D eigenvalue weighted by atomic mass is 35.5. The van der Waals surface area contributed by atoms with Crippen molar-refractivity contribution in [2.45, 2.75) is 18.6 Å². The van der Waals surface area contributed by atoms with Crippen LogP contribution in [0.1, 0.15) is 12.0 Å². The van der Waals surface area contributed by atoms with Crippen LogP contribution < -0.4 is 10.2 Å². The molecule has 2 aromatic rings. The van der Waals surface area contributed by atoms with Gasteiger partial charge >= 0.3 is 0 Å². The van der Waals surface area contributed by atoms with Gasteiger partial charge in [0.05, 0.1) is 0 Å². The average Bonchev–Trinajstić information content (AvgIpc) is 2.89. The molecule has 1 aliphatic heterocycles. The van der Waals surface area contributed by atoms with Crippen molar-refractivity contribution in [2.75, 3.05) is 11.4 Å². The fraction of sp³-hybridized carbons (Fsp3) is 0.222. The van der Waals surface area contributed by atoms with E-state index in [0.717, 1.165) is 6.07 Å². The Morgan fingerprint density at radius 2 is 2.00 bits per heavy atom. The molecule has 5 nitrogen and oxygen atoms in total. The molecule has 2 amide bonds. The smallest absolute Gasteiger partial charge is 0.268 e. The molecule has 7 heteroatoms. The predicted octanol–water partition coefficient (Wildman–Crippen LogP) is 2.26. The molecule has 25 heavy (non-hydrogen) atoms. The Balaban J connectivity index is 1.70. The number of benzene rings is 2. The number of anilines is 1. The van der Waals surface area contributed by atoms with Gasteiger partial charge in [0.15, 0.2) is 0 Å². The SMILES string of the molecule is O=C(NCc1cc(F)cc(Cl)c1)[C@]1(O)CCN(c2ccccc2)C1=O. The van der Waals surface area contributed by atoms with Crippen molar-refractivity contribution in [1.29, 1.82) is 0 Å². The number of aliphatic hydroxyl groups is 1. The largest absolute Gasteiger partial charge is 0.372 e. The molecular formula is C18H16ClFN2O3. The number of rotatable bonds is 4. The normalized spacial score (nSPS) is 20.0. The molecule has 0 saturated carbocycles. The molecule has 1 saturated heterocycles. The number of nitrogens with one attached hydrogen (secondary N) is 1. The van der Waals surface area contributed by atoms with Crippen molar-refractivity contribution in [1.82, 2.24) is 5.32 Å². The fourth-order valence-corrected chi connectivity index (χ4v) is 3.06. The Bertz CT molecular complexity index is 795. The lowest BCUT2D eigenvalue weighted by Crippen LogP contribution is -2.52. The van der Waals surface area contributed by atoms with Gasteiger partial charge in [-0.2, -0.15) is 0 Å². The van der Waals surface area contributed by atoms with Crippen molar-refractivity contribution in [3.05, 3.63) is 64.9 Å². The summed E-state index contributed by atoms with van der Waals surface area (Å²) < 4.78 is 13.3. The first kappa shape index (κ1) is 17.4. The van der Waals surface area contributed by atoms with Crippen LogP contribution in [0.4, 0.5) is 10.1 Å². The molecule has 2 aromatic carbocycles. The summed E-state index contributed by atoms with van der Waals surface area (Å²) in [6.07, 6.45) is -0.0174. The van der Waals surface area contributed by atoms with Crippen LogP contribution in [0.2, 0.25) is 5.02 Å². The molecule has 0 radical (unpaired) electrons. The summed E-state index contributed by atoms with van der Waals surface area (Å²) in [5, 5.41) is 13.2. The minimum Gasteiger partial charge on any atom is -0.372 e. The molecule has 1 fully saturated rings. The van der Waals surface area contributed by atoms with E-state index in [4.69, 9.17) is 11.6 Å². The summed E-state index contributed by atoms with van der Waals surface area (Å²) in [5.74, 6) is -2.01. The second kappa shape index (κ2) is 6.82. The van der Waals surface area contributed by atoms with Crippen LogP contribution in [-0.4, -0.2) is 29.1 Å². The molecule has 2 N–H and O–H groups in total. The monoisotopic (exact) mass is 362 g/mol. The lowest BCUT2D eigenvalue weighted by Gasteiger charge is -2.21. The van der Waals surface area contributed by atoms with E-state index in [1.807, 2.05) is 6.07 Å². The van der Waals surface area contributed by atoms with Crippen molar-refractivity contribution in [2.24, 2.45) is 0 Å². The summed E-state index contributed by atoms with van der Waals surface area (Å²) in [6, 6.07) is 12.7. The third-order valence-electron chi connectivity index (χ3n) is 4.12. The van der Waals surface area contributed by atoms with Crippen molar-refractivity contribution in [3.63, 3.8) is 0 Å². The lowest BCUT2D eigenvalue weighted by atomic mass is 10.0. The van der Waals surface area contributed by atoms with Crippen LogP contribution >= 0.6 is 11.6 Å². The maximum Gasteiger partial charge on any atom is 0.268 e. The molecule has 0 spiro atoms. The van der Waals surface area contributed by atoms with Gasteiger partial charge in [-0.15, -0.1) is 0 Å². The number of para-hydroxylation sites is 1. The highest BCUT2D eigenvalue weighted by Gasteiger charge is 2.51. The molecule has 1 atom stereocenters. The number of hydrogen-bond donors (Lipinski definition) is 2. The summed E-state index contributed by atoms with van der Waals surface area (Å²) in [7, 11) is 0. The van der Waals surface area contributed by atoms with E-state index in [9.17, 15) is 19.1 Å². The first-order valence-corrected chi connectivity index (χ1v) is 8.10. The molecule has 130 valence electrons. The third kappa shape index (κ3) is 3.50. The van der Waals surface area contributed by atoms with E-state index in [1.54, 1.807) is 24.3 Å². The summed E-state index contributed by atoms with van der Waals surface area (Å²) >= 11 is 5.77. The topological polar surface area (TPSA) is 69.6 Å². The number of hydrogen-bond acceptors (Lipinski definition) is 3. The quantitative estimate of drug-likeness (QED) is 0.820. The van der Waals surface area contributed by atoms with Crippen LogP contribution in [0.15, 0.2) is 48.5 Å². The number of nitrogens with zero attached hydrogens (tertiary/aromatic N) is 1. The number of halogens is 2. The zero-order chi connectivity index (χ0) is 18.0. The van der Waals surface area contributed by atoms with Gasteiger partial charge in [0.1, 0.15) is 5.82 Å². The first-order valence-electron chi connectivity index (χ1n) is 7.73. The molecule has 0 unspecified atom stereocenters. The Hall–Kier alpha value is -2.44. The number of amides is 2. The highest BCUT2D eigenvalue weighted by Crippen LogP contribution is 2.28. The summed E-state index contributed by atoms with van der Waals surface area (Å²) in [6.45, 7) is 0.190. The van der Waals surface area contributed by atoms with Gasteiger partial charge in [0, 0.05) is 30.2 Å². The van der Waals surface area contributed by atoms with Crippen LogP contribution in [0.25, 0.3) is 0 Å². The Morgan fingerprint density at radius 3 is 2.68 bits per heavy atom. The van der Waals surface area contributed by atoms with Gasteiger partial charge in [-0.25, -0.2) is 4.39 Å². The molecule has 3 rings (SSSR count). The van der Waals surface area contributed by atoms with E-state index < -0.39 is 23.2 Å². The van der Waals surface area contributed by atoms with Gasteiger partial charge in [0.25, 0.3) is 11.8 Å². The zero-order valence-electron chi connectivity index (χ0n) is 13.2. The van der Waals surface area contributed by atoms with Crippen molar-refractivity contribution >= 4 is 29.1 Å². The second-order valence-corrected chi connectivity index (χ2v) is 6.30. The molecule has 0 aliphatic carbocycles. The van der Waals surface area contributed by atoms with E-state index in [1.165, 1.54) is 17.0 Å². The van der Waals surface area contributed by atoms with Crippen LogP contribution in [-0.2, 0) is 16.1 Å². The molecule has 1 aliphatic rings. The van der Waals surface area contributed by atoms with E-state index in [2.05, 4.69) is 5.32 Å². The Morgan fingerprint density at radius 1 is 1.28 bits per heavy atom. The average molecular weight is 363 g/mol.